The van der Waals surface area contributed by atoms with Crippen LogP contribution >= 0.6 is 15.9 Å². The lowest BCUT2D eigenvalue weighted by molar-refractivity contribution is 0.0720. The first kappa shape index (κ1) is 19.1. The first-order valence-corrected chi connectivity index (χ1v) is 10.8. The number of hydrogen-bond acceptors (Lipinski definition) is 5. The van der Waals surface area contributed by atoms with Crippen molar-refractivity contribution in [2.24, 2.45) is 0 Å². The third-order valence-corrected chi connectivity index (χ3v) is 6.55. The minimum absolute atomic E-state index is 0.0955. The van der Waals surface area contributed by atoms with Gasteiger partial charge in [-0.25, -0.2) is 12.7 Å². The maximum atomic E-state index is 12.8. The van der Waals surface area contributed by atoms with E-state index in [1.165, 1.54) is 9.21 Å². The van der Waals surface area contributed by atoms with Gasteiger partial charge in [-0.3, -0.25) is 9.78 Å². The third-order valence-electron chi connectivity index (χ3n) is 4.27. The van der Waals surface area contributed by atoms with E-state index in [0.717, 1.165) is 18.4 Å². The Kier molecular flexibility index (Phi) is 6.10. The minimum Gasteiger partial charge on any atom is -0.444 e. The quantitative estimate of drug-likeness (QED) is 0.658. The first-order chi connectivity index (χ1) is 12.5. The zero-order chi connectivity index (χ0) is 18.6. The van der Waals surface area contributed by atoms with Crippen LogP contribution in [0.3, 0.4) is 0 Å². The molecule has 1 amide bonds. The Morgan fingerprint density at radius 1 is 1.19 bits per heavy atom. The van der Waals surface area contributed by atoms with Gasteiger partial charge < -0.3 is 9.32 Å². The topological polar surface area (TPSA) is 83.7 Å². The van der Waals surface area contributed by atoms with Gasteiger partial charge in [0.1, 0.15) is 0 Å². The zero-order valence-electron chi connectivity index (χ0n) is 14.2. The van der Waals surface area contributed by atoms with Crippen molar-refractivity contribution in [1.82, 2.24) is 14.2 Å². The minimum atomic E-state index is -3.37. The molecule has 0 bridgehead atoms. The number of rotatable bonds is 7. The number of amides is 1. The highest BCUT2D eigenvalue weighted by molar-refractivity contribution is 9.10. The number of furan rings is 1. The molecule has 0 atom stereocenters. The summed E-state index contributed by atoms with van der Waals surface area (Å²) in [6.45, 7) is 1.50. The van der Waals surface area contributed by atoms with Crippen molar-refractivity contribution < 1.29 is 17.6 Å². The van der Waals surface area contributed by atoms with Crippen LogP contribution in [0, 0.1) is 0 Å². The smallest absolute Gasteiger partial charge is 0.289 e. The summed E-state index contributed by atoms with van der Waals surface area (Å²) in [5, 5.41) is 0. The molecule has 0 saturated carbocycles. The second kappa shape index (κ2) is 8.32. The number of pyridine rings is 1. The largest absolute Gasteiger partial charge is 0.444 e. The predicted molar refractivity (Wildman–Crippen MR) is 100.0 cm³/mol. The monoisotopic (exact) mass is 441 g/mol. The van der Waals surface area contributed by atoms with Gasteiger partial charge in [0.25, 0.3) is 5.91 Å². The van der Waals surface area contributed by atoms with Crippen LogP contribution in [0.4, 0.5) is 0 Å². The maximum Gasteiger partial charge on any atom is 0.289 e. The molecule has 0 spiro atoms. The second-order valence-corrected chi connectivity index (χ2v) is 8.98. The lowest BCUT2D eigenvalue weighted by Gasteiger charge is -2.23. The van der Waals surface area contributed by atoms with Crippen LogP contribution in [0.25, 0.3) is 0 Å². The molecule has 0 aliphatic carbocycles. The molecule has 1 fully saturated rings. The van der Waals surface area contributed by atoms with Gasteiger partial charge in [-0.05, 0) is 58.6 Å². The Labute approximate surface area is 161 Å². The summed E-state index contributed by atoms with van der Waals surface area (Å²) in [4.78, 5) is 18.2. The van der Waals surface area contributed by atoms with E-state index in [1.54, 1.807) is 36.7 Å². The van der Waals surface area contributed by atoms with Gasteiger partial charge in [0.05, 0.1) is 5.75 Å². The number of halogens is 1. The molecule has 0 radical (unpaired) electrons. The van der Waals surface area contributed by atoms with Crippen molar-refractivity contribution in [2.75, 3.05) is 25.4 Å². The molecule has 7 nitrogen and oxygen atoms in total. The number of carbonyl (C=O) groups is 1. The summed E-state index contributed by atoms with van der Waals surface area (Å²) < 4.78 is 32.3. The SMILES string of the molecule is O=C(c1ccc(Br)o1)N(CCS(=O)(=O)N1CCCC1)Cc1ccncc1. The highest BCUT2D eigenvalue weighted by Crippen LogP contribution is 2.18. The molecule has 0 unspecified atom stereocenters. The van der Waals surface area contributed by atoms with E-state index in [0.29, 0.717) is 17.8 Å². The highest BCUT2D eigenvalue weighted by Gasteiger charge is 2.27. The Hall–Kier alpha value is -1.71. The van der Waals surface area contributed by atoms with Crippen molar-refractivity contribution in [1.29, 1.82) is 0 Å². The number of aromatic nitrogens is 1. The summed E-state index contributed by atoms with van der Waals surface area (Å²) in [5.41, 5.74) is 0.873. The maximum absolute atomic E-state index is 12.8. The standard InChI is InChI=1S/C17H20BrN3O4S/c18-16-4-3-15(25-16)17(22)20(13-14-5-7-19-8-6-14)11-12-26(23,24)21-9-1-2-10-21/h3-8H,1-2,9-13H2. The summed E-state index contributed by atoms with van der Waals surface area (Å²) >= 11 is 3.18. The number of hydrogen-bond donors (Lipinski definition) is 0. The molecular formula is C17H20BrN3O4S. The van der Waals surface area contributed by atoms with Crippen LogP contribution < -0.4 is 0 Å². The molecule has 2 aromatic rings. The van der Waals surface area contributed by atoms with Gasteiger partial charge >= 0.3 is 0 Å². The lowest BCUT2D eigenvalue weighted by atomic mass is 10.2. The average Bonchev–Trinajstić information content (AvgIpc) is 3.31. The third kappa shape index (κ3) is 4.72. The van der Waals surface area contributed by atoms with E-state index < -0.39 is 10.0 Å². The molecule has 0 N–H and O–H groups in total. The molecule has 2 aromatic heterocycles. The fraction of sp³-hybridized carbons (Fsp3) is 0.412. The van der Waals surface area contributed by atoms with Crippen LogP contribution in [-0.2, 0) is 16.6 Å². The van der Waals surface area contributed by atoms with Crippen molar-refractivity contribution in [2.45, 2.75) is 19.4 Å². The van der Waals surface area contributed by atoms with Crippen LogP contribution in [-0.4, -0.2) is 53.9 Å². The molecule has 9 heteroatoms. The molecule has 1 aliphatic rings. The molecule has 1 aliphatic heterocycles. The van der Waals surface area contributed by atoms with E-state index in [-0.39, 0.29) is 30.5 Å². The normalized spacial score (nSPS) is 15.3. The Balaban J connectivity index is 1.75. The lowest BCUT2D eigenvalue weighted by Crippen LogP contribution is -2.38. The molecule has 0 aromatic carbocycles. The molecule has 3 rings (SSSR count). The van der Waals surface area contributed by atoms with Crippen LogP contribution in [0.5, 0.6) is 0 Å². The first-order valence-electron chi connectivity index (χ1n) is 8.37. The molecular weight excluding hydrogens is 422 g/mol. The van der Waals surface area contributed by atoms with E-state index in [2.05, 4.69) is 20.9 Å². The number of carbonyl (C=O) groups excluding carboxylic acids is 1. The van der Waals surface area contributed by atoms with Gasteiger partial charge in [-0.2, -0.15) is 0 Å². The van der Waals surface area contributed by atoms with Crippen LogP contribution in [0.15, 0.2) is 45.7 Å². The summed E-state index contributed by atoms with van der Waals surface area (Å²) in [6, 6.07) is 6.81. The molecule has 3 heterocycles. The second-order valence-electron chi connectivity index (χ2n) is 6.11. The fourth-order valence-corrected chi connectivity index (χ4v) is 4.70. The Morgan fingerprint density at radius 2 is 1.88 bits per heavy atom. The van der Waals surface area contributed by atoms with E-state index in [1.807, 2.05) is 0 Å². The Bertz CT molecular complexity index is 848. The molecule has 140 valence electrons. The number of nitrogens with zero attached hydrogens (tertiary/aromatic N) is 3. The van der Waals surface area contributed by atoms with Crippen molar-refractivity contribution >= 4 is 31.9 Å². The van der Waals surface area contributed by atoms with Crippen molar-refractivity contribution in [3.05, 3.63) is 52.7 Å². The van der Waals surface area contributed by atoms with Crippen LogP contribution in [0.2, 0.25) is 0 Å². The zero-order valence-corrected chi connectivity index (χ0v) is 16.6. The van der Waals surface area contributed by atoms with E-state index in [4.69, 9.17) is 4.42 Å². The summed E-state index contributed by atoms with van der Waals surface area (Å²) in [7, 11) is -3.37. The molecule has 1 saturated heterocycles. The summed E-state index contributed by atoms with van der Waals surface area (Å²) in [6.07, 6.45) is 5.06. The van der Waals surface area contributed by atoms with Gasteiger partial charge in [-0.1, -0.05) is 0 Å². The highest BCUT2D eigenvalue weighted by atomic mass is 79.9. The van der Waals surface area contributed by atoms with Gasteiger partial charge in [0.2, 0.25) is 10.0 Å². The van der Waals surface area contributed by atoms with Crippen LogP contribution in [0.1, 0.15) is 29.0 Å². The van der Waals surface area contributed by atoms with E-state index in [9.17, 15) is 13.2 Å². The Morgan fingerprint density at radius 3 is 2.50 bits per heavy atom. The number of sulfonamides is 1. The average molecular weight is 442 g/mol. The fourth-order valence-electron chi connectivity index (χ4n) is 2.87. The van der Waals surface area contributed by atoms with Crippen molar-refractivity contribution in [3.63, 3.8) is 0 Å². The predicted octanol–water partition coefficient (Wildman–Crippen LogP) is 2.51. The summed E-state index contributed by atoms with van der Waals surface area (Å²) in [5.74, 6) is -0.278. The molecule has 26 heavy (non-hydrogen) atoms. The van der Waals surface area contributed by atoms with Gasteiger partial charge in [0.15, 0.2) is 10.4 Å². The van der Waals surface area contributed by atoms with Crippen molar-refractivity contribution in [3.8, 4) is 0 Å². The van der Waals surface area contributed by atoms with E-state index >= 15 is 0 Å². The van der Waals surface area contributed by atoms with Gasteiger partial charge in [0, 0.05) is 38.6 Å². The van der Waals surface area contributed by atoms with Gasteiger partial charge in [-0.15, -0.1) is 0 Å².